The molecule has 27 heavy (non-hydrogen) atoms. The summed E-state index contributed by atoms with van der Waals surface area (Å²) in [7, 11) is 0. The molecule has 0 aliphatic rings. The van der Waals surface area contributed by atoms with Gasteiger partial charge in [0.05, 0.1) is 4.88 Å². The third-order valence-corrected chi connectivity index (χ3v) is 5.71. The second-order valence-corrected chi connectivity index (χ2v) is 7.56. The Hall–Kier alpha value is -2.72. The second kappa shape index (κ2) is 8.78. The van der Waals surface area contributed by atoms with Crippen molar-refractivity contribution in [3.8, 4) is 0 Å². The highest BCUT2D eigenvalue weighted by atomic mass is 32.1. The van der Waals surface area contributed by atoms with Gasteiger partial charge in [0, 0.05) is 12.3 Å². The van der Waals surface area contributed by atoms with E-state index < -0.39 is 11.9 Å². The molecule has 2 aromatic carbocycles. The number of carbonyl (C=O) groups is 2. The number of carbonyl (C=O) groups excluding carboxylic acids is 1. The Kier molecular flexibility index (Phi) is 6.20. The van der Waals surface area contributed by atoms with Gasteiger partial charge in [0.15, 0.2) is 5.78 Å². The van der Waals surface area contributed by atoms with E-state index in [2.05, 4.69) is 12.1 Å². The zero-order valence-corrected chi connectivity index (χ0v) is 16.0. The third-order valence-electron chi connectivity index (χ3n) is 4.74. The van der Waals surface area contributed by atoms with Gasteiger partial charge in [0.1, 0.15) is 0 Å². The molecule has 4 heteroatoms. The fourth-order valence-corrected chi connectivity index (χ4v) is 4.26. The van der Waals surface area contributed by atoms with E-state index in [1.165, 1.54) is 11.3 Å². The highest BCUT2D eigenvalue weighted by molar-refractivity contribution is 7.12. The van der Waals surface area contributed by atoms with Gasteiger partial charge in [0.25, 0.3) is 0 Å². The van der Waals surface area contributed by atoms with Gasteiger partial charge in [-0.25, -0.2) is 0 Å². The van der Waals surface area contributed by atoms with Crippen LogP contribution in [0.15, 0.2) is 66.0 Å². The minimum atomic E-state index is -0.878. The van der Waals surface area contributed by atoms with Crippen LogP contribution in [-0.4, -0.2) is 16.9 Å². The Bertz CT molecular complexity index is 928. The summed E-state index contributed by atoms with van der Waals surface area (Å²) in [6.45, 7) is 1.97. The molecule has 0 spiro atoms. The summed E-state index contributed by atoms with van der Waals surface area (Å²) in [6, 6.07) is 19.8. The summed E-state index contributed by atoms with van der Waals surface area (Å²) in [6.07, 6.45) is 0.983. The molecule has 138 valence electrons. The van der Waals surface area contributed by atoms with Crippen LogP contribution >= 0.6 is 11.3 Å². The van der Waals surface area contributed by atoms with E-state index in [1.54, 1.807) is 0 Å². The Morgan fingerprint density at radius 1 is 1.00 bits per heavy atom. The fraction of sp³-hybridized carbons (Fsp3) is 0.217. The number of aryl methyl sites for hydroxylation is 1. The Morgan fingerprint density at radius 2 is 1.70 bits per heavy atom. The molecule has 3 rings (SSSR count). The highest BCUT2D eigenvalue weighted by Crippen LogP contribution is 2.32. The number of hydrogen-bond donors (Lipinski definition) is 1. The molecular weight excluding hydrogens is 356 g/mol. The van der Waals surface area contributed by atoms with E-state index in [0.717, 1.165) is 27.1 Å². The number of aliphatic carboxylic acids is 1. The molecule has 1 N–H and O–H groups in total. The van der Waals surface area contributed by atoms with Crippen molar-refractivity contribution in [1.82, 2.24) is 0 Å². The molecule has 0 saturated carbocycles. The van der Waals surface area contributed by atoms with Crippen LogP contribution in [0.4, 0.5) is 0 Å². The highest BCUT2D eigenvalue weighted by Gasteiger charge is 2.26. The lowest BCUT2D eigenvalue weighted by atomic mass is 9.86. The smallest absolute Gasteiger partial charge is 0.303 e. The van der Waals surface area contributed by atoms with Gasteiger partial charge in [-0.3, -0.25) is 9.59 Å². The maximum atomic E-state index is 13.4. The number of ketones is 1. The summed E-state index contributed by atoms with van der Waals surface area (Å²) >= 11 is 1.44. The number of hydrogen-bond acceptors (Lipinski definition) is 3. The minimum absolute atomic E-state index is 0.0199. The van der Waals surface area contributed by atoms with E-state index >= 15 is 0 Å². The molecule has 1 aromatic heterocycles. The van der Waals surface area contributed by atoms with Crippen molar-refractivity contribution in [2.75, 3.05) is 0 Å². The summed E-state index contributed by atoms with van der Waals surface area (Å²) in [5, 5.41) is 11.1. The van der Waals surface area contributed by atoms with Crippen LogP contribution in [0.3, 0.4) is 0 Å². The molecular formula is C23H22O3S. The van der Waals surface area contributed by atoms with Gasteiger partial charge in [-0.15, -0.1) is 11.3 Å². The molecule has 0 fully saturated rings. The van der Waals surface area contributed by atoms with Gasteiger partial charge >= 0.3 is 5.97 Å². The monoisotopic (exact) mass is 378 g/mol. The van der Waals surface area contributed by atoms with Gasteiger partial charge in [0.2, 0.25) is 0 Å². The molecule has 0 amide bonds. The number of rotatable bonds is 8. The average molecular weight is 378 g/mol. The number of benzene rings is 2. The predicted octanol–water partition coefficient (Wildman–Crippen LogP) is 5.48. The van der Waals surface area contributed by atoms with Crippen LogP contribution in [0.5, 0.6) is 0 Å². The number of carboxylic acids is 1. The molecule has 3 nitrogen and oxygen atoms in total. The normalized spacial score (nSPS) is 11.9. The molecule has 3 aromatic rings. The minimum Gasteiger partial charge on any atom is -0.481 e. The first-order chi connectivity index (χ1) is 13.1. The SMILES string of the molecule is Cc1ccccc1C(CCC(=O)O)C(=O)c1sccc1Cc1ccccc1. The molecule has 1 atom stereocenters. The fourth-order valence-electron chi connectivity index (χ4n) is 3.34. The van der Waals surface area contributed by atoms with Crippen molar-refractivity contribution in [1.29, 1.82) is 0 Å². The zero-order chi connectivity index (χ0) is 19.2. The second-order valence-electron chi connectivity index (χ2n) is 6.64. The summed E-state index contributed by atoms with van der Waals surface area (Å²) in [5.41, 5.74) is 4.10. The molecule has 1 unspecified atom stereocenters. The van der Waals surface area contributed by atoms with E-state index in [-0.39, 0.29) is 12.2 Å². The third kappa shape index (κ3) is 4.72. The first-order valence-electron chi connectivity index (χ1n) is 8.98. The van der Waals surface area contributed by atoms with Crippen molar-refractivity contribution in [2.45, 2.75) is 32.1 Å². The van der Waals surface area contributed by atoms with Crippen molar-refractivity contribution >= 4 is 23.1 Å². The van der Waals surface area contributed by atoms with Crippen molar-refractivity contribution < 1.29 is 14.7 Å². The Morgan fingerprint density at radius 3 is 2.41 bits per heavy atom. The van der Waals surface area contributed by atoms with Crippen molar-refractivity contribution in [3.63, 3.8) is 0 Å². The Balaban J connectivity index is 1.92. The molecule has 0 aliphatic carbocycles. The average Bonchev–Trinajstić information content (AvgIpc) is 3.12. The van der Waals surface area contributed by atoms with Crippen LogP contribution in [0.25, 0.3) is 0 Å². The van der Waals surface area contributed by atoms with E-state index in [4.69, 9.17) is 5.11 Å². The molecule has 0 aliphatic heterocycles. The molecule has 0 saturated heterocycles. The first-order valence-corrected chi connectivity index (χ1v) is 9.86. The molecule has 1 heterocycles. The van der Waals surface area contributed by atoms with Crippen molar-refractivity contribution in [3.05, 3.63) is 93.2 Å². The Labute approximate surface area is 163 Å². The van der Waals surface area contributed by atoms with Gasteiger partial charge in [-0.2, -0.15) is 0 Å². The van der Waals surface area contributed by atoms with Crippen LogP contribution in [0, 0.1) is 6.92 Å². The lowest BCUT2D eigenvalue weighted by molar-refractivity contribution is -0.137. The first kappa shape index (κ1) is 19.1. The van der Waals surface area contributed by atoms with Crippen LogP contribution in [-0.2, 0) is 11.2 Å². The molecule has 0 radical (unpaired) electrons. The largest absolute Gasteiger partial charge is 0.481 e. The van der Waals surface area contributed by atoms with E-state index in [0.29, 0.717) is 12.8 Å². The quantitative estimate of drug-likeness (QED) is 0.528. The maximum Gasteiger partial charge on any atom is 0.303 e. The van der Waals surface area contributed by atoms with E-state index in [1.807, 2.05) is 60.8 Å². The number of thiophene rings is 1. The van der Waals surface area contributed by atoms with Gasteiger partial charge in [-0.1, -0.05) is 54.6 Å². The van der Waals surface area contributed by atoms with Crippen LogP contribution in [0.2, 0.25) is 0 Å². The van der Waals surface area contributed by atoms with Crippen LogP contribution < -0.4 is 0 Å². The number of Topliss-reactive ketones (excluding diaryl/α,β-unsaturated/α-hetero) is 1. The summed E-state index contributed by atoms with van der Waals surface area (Å²) in [4.78, 5) is 25.3. The van der Waals surface area contributed by atoms with Crippen molar-refractivity contribution in [2.24, 2.45) is 0 Å². The lowest BCUT2D eigenvalue weighted by Gasteiger charge is -2.18. The predicted molar refractivity (Wildman–Crippen MR) is 109 cm³/mol. The standard InChI is InChI=1S/C23H22O3S/c1-16-7-5-6-10-19(16)20(11-12-21(24)25)22(26)23-18(13-14-27-23)15-17-8-3-2-4-9-17/h2-10,13-14,20H,11-12,15H2,1H3,(H,24,25). The summed E-state index contributed by atoms with van der Waals surface area (Å²) < 4.78 is 0. The maximum absolute atomic E-state index is 13.4. The van der Waals surface area contributed by atoms with Gasteiger partial charge in [-0.05, 0) is 53.5 Å². The summed E-state index contributed by atoms with van der Waals surface area (Å²) in [5.74, 6) is -1.29. The number of carboxylic acid groups (broad SMARTS) is 1. The zero-order valence-electron chi connectivity index (χ0n) is 15.2. The topological polar surface area (TPSA) is 54.4 Å². The van der Waals surface area contributed by atoms with Gasteiger partial charge < -0.3 is 5.11 Å². The molecule has 0 bridgehead atoms. The van der Waals surface area contributed by atoms with E-state index in [9.17, 15) is 9.59 Å². The van der Waals surface area contributed by atoms with Crippen LogP contribution in [0.1, 0.15) is 50.7 Å². The lowest BCUT2D eigenvalue weighted by Crippen LogP contribution is -2.16.